The van der Waals surface area contributed by atoms with Crippen LogP contribution in [0.3, 0.4) is 0 Å². The van der Waals surface area contributed by atoms with Crippen LogP contribution in [0.4, 0.5) is 9.18 Å². The lowest BCUT2D eigenvalue weighted by Crippen LogP contribution is -2.22. The SMILES string of the molecule is O=C(O)NCCc1cc(-c2cccnc2F)c(Sc2ccnc(Cl)c2)s1. The van der Waals surface area contributed by atoms with Crippen LogP contribution >= 0.6 is 34.7 Å². The highest BCUT2D eigenvalue weighted by molar-refractivity contribution is 8.01. The zero-order valence-corrected chi connectivity index (χ0v) is 15.7. The standard InChI is InChI=1S/C17H13ClFN3O2S2/c18-14-9-11(3-6-20-14)26-16-13(12-2-1-5-21-15(12)19)8-10(25-16)4-7-22-17(23)24/h1-3,5-6,8-9,22H,4,7H2,(H,23,24). The zero-order valence-electron chi connectivity index (χ0n) is 13.3. The van der Waals surface area contributed by atoms with Crippen LogP contribution in [-0.2, 0) is 6.42 Å². The molecule has 0 saturated heterocycles. The molecule has 26 heavy (non-hydrogen) atoms. The number of hydrogen-bond donors (Lipinski definition) is 2. The van der Waals surface area contributed by atoms with Crippen molar-refractivity contribution >= 4 is 40.8 Å². The second-order valence-electron chi connectivity index (χ2n) is 5.15. The van der Waals surface area contributed by atoms with Crippen LogP contribution in [0, 0.1) is 5.95 Å². The molecule has 0 spiro atoms. The Morgan fingerprint density at radius 2 is 2.12 bits per heavy atom. The van der Waals surface area contributed by atoms with Crippen LogP contribution in [0.2, 0.25) is 5.15 Å². The Hall–Kier alpha value is -2.16. The molecule has 0 bridgehead atoms. The van der Waals surface area contributed by atoms with Gasteiger partial charge in [0.1, 0.15) is 5.15 Å². The van der Waals surface area contributed by atoms with E-state index in [1.807, 2.05) is 12.1 Å². The zero-order chi connectivity index (χ0) is 18.5. The van der Waals surface area contributed by atoms with E-state index in [1.165, 1.54) is 29.3 Å². The average molecular weight is 410 g/mol. The highest BCUT2D eigenvalue weighted by atomic mass is 35.5. The van der Waals surface area contributed by atoms with Gasteiger partial charge >= 0.3 is 6.09 Å². The first-order valence-electron chi connectivity index (χ1n) is 7.52. The van der Waals surface area contributed by atoms with Crippen molar-refractivity contribution in [1.29, 1.82) is 0 Å². The second-order valence-corrected chi connectivity index (χ2v) is 8.02. The molecule has 0 aliphatic heterocycles. The molecular formula is C17H13ClFN3O2S2. The molecule has 0 aliphatic rings. The smallest absolute Gasteiger partial charge is 0.404 e. The monoisotopic (exact) mass is 409 g/mol. The van der Waals surface area contributed by atoms with Gasteiger partial charge in [-0.15, -0.1) is 11.3 Å². The van der Waals surface area contributed by atoms with E-state index >= 15 is 0 Å². The number of amides is 1. The van der Waals surface area contributed by atoms with E-state index in [2.05, 4.69) is 15.3 Å². The Kier molecular flexibility index (Phi) is 6.08. The van der Waals surface area contributed by atoms with E-state index in [0.717, 1.165) is 19.5 Å². The van der Waals surface area contributed by atoms with Gasteiger partial charge in [-0.2, -0.15) is 4.39 Å². The number of thiophene rings is 1. The Bertz CT molecular complexity index is 936. The van der Waals surface area contributed by atoms with Crippen molar-refractivity contribution in [2.75, 3.05) is 6.54 Å². The minimum atomic E-state index is -1.07. The molecule has 9 heteroatoms. The summed E-state index contributed by atoms with van der Waals surface area (Å²) in [7, 11) is 0. The first kappa shape index (κ1) is 18.6. The number of carbonyl (C=O) groups is 1. The summed E-state index contributed by atoms with van der Waals surface area (Å²) in [5.41, 5.74) is 1.13. The van der Waals surface area contributed by atoms with Crippen molar-refractivity contribution in [3.05, 3.63) is 58.7 Å². The van der Waals surface area contributed by atoms with Crippen molar-refractivity contribution in [2.45, 2.75) is 15.5 Å². The van der Waals surface area contributed by atoms with Gasteiger partial charge < -0.3 is 10.4 Å². The van der Waals surface area contributed by atoms with Gasteiger partial charge in [0, 0.05) is 39.8 Å². The highest BCUT2D eigenvalue weighted by Gasteiger charge is 2.16. The van der Waals surface area contributed by atoms with Gasteiger partial charge in [0.15, 0.2) is 0 Å². The largest absolute Gasteiger partial charge is 0.465 e. The molecule has 1 amide bonds. The van der Waals surface area contributed by atoms with E-state index in [9.17, 15) is 9.18 Å². The summed E-state index contributed by atoms with van der Waals surface area (Å²) < 4.78 is 15.1. The Morgan fingerprint density at radius 1 is 1.27 bits per heavy atom. The maximum atomic E-state index is 14.2. The number of hydrogen-bond acceptors (Lipinski definition) is 5. The van der Waals surface area contributed by atoms with Crippen LogP contribution < -0.4 is 5.32 Å². The fourth-order valence-electron chi connectivity index (χ4n) is 2.24. The minimum absolute atomic E-state index is 0.288. The van der Waals surface area contributed by atoms with E-state index in [0.29, 0.717) is 17.1 Å². The van der Waals surface area contributed by atoms with Gasteiger partial charge in [0.05, 0.1) is 4.21 Å². The lowest BCUT2D eigenvalue weighted by atomic mass is 10.1. The minimum Gasteiger partial charge on any atom is -0.465 e. The van der Waals surface area contributed by atoms with Gasteiger partial charge in [-0.05, 0) is 36.8 Å². The summed E-state index contributed by atoms with van der Waals surface area (Å²) in [6, 6.07) is 8.79. The van der Waals surface area contributed by atoms with Crippen molar-refractivity contribution in [3.8, 4) is 11.1 Å². The number of aromatic nitrogens is 2. The quantitative estimate of drug-likeness (QED) is 0.563. The van der Waals surface area contributed by atoms with E-state index in [-0.39, 0.29) is 6.54 Å². The maximum absolute atomic E-state index is 14.2. The Balaban J connectivity index is 1.93. The van der Waals surface area contributed by atoms with Gasteiger partial charge in [0.25, 0.3) is 0 Å². The molecule has 5 nitrogen and oxygen atoms in total. The molecule has 0 atom stereocenters. The van der Waals surface area contributed by atoms with Crippen LogP contribution in [0.5, 0.6) is 0 Å². The van der Waals surface area contributed by atoms with Crippen molar-refractivity contribution in [2.24, 2.45) is 0 Å². The van der Waals surface area contributed by atoms with Crippen LogP contribution in [0.1, 0.15) is 4.88 Å². The van der Waals surface area contributed by atoms with E-state index in [4.69, 9.17) is 16.7 Å². The van der Waals surface area contributed by atoms with E-state index in [1.54, 1.807) is 24.4 Å². The third-order valence-corrected chi connectivity index (χ3v) is 5.95. The molecule has 0 aromatic carbocycles. The predicted octanol–water partition coefficient (Wildman–Crippen LogP) is 4.96. The van der Waals surface area contributed by atoms with E-state index < -0.39 is 12.0 Å². The summed E-state index contributed by atoms with van der Waals surface area (Å²) in [5, 5.41) is 11.4. The number of rotatable bonds is 6. The lowest BCUT2D eigenvalue weighted by Gasteiger charge is -2.04. The fourth-order valence-corrected chi connectivity index (χ4v) is 4.95. The third kappa shape index (κ3) is 4.72. The summed E-state index contributed by atoms with van der Waals surface area (Å²) >= 11 is 8.88. The van der Waals surface area contributed by atoms with Gasteiger partial charge in [-0.25, -0.2) is 14.8 Å². The van der Waals surface area contributed by atoms with Gasteiger partial charge in [-0.1, -0.05) is 23.4 Å². The number of carboxylic acid groups (broad SMARTS) is 1. The molecule has 0 fully saturated rings. The molecule has 3 aromatic rings. The van der Waals surface area contributed by atoms with Crippen molar-refractivity contribution in [1.82, 2.24) is 15.3 Å². The molecule has 2 N–H and O–H groups in total. The number of nitrogens with one attached hydrogen (secondary N) is 1. The normalized spacial score (nSPS) is 10.7. The predicted molar refractivity (Wildman–Crippen MR) is 101 cm³/mol. The topological polar surface area (TPSA) is 75.1 Å². The molecule has 134 valence electrons. The summed E-state index contributed by atoms with van der Waals surface area (Å²) in [4.78, 5) is 20.1. The molecule has 3 aromatic heterocycles. The molecule has 0 radical (unpaired) electrons. The molecule has 0 saturated carbocycles. The summed E-state index contributed by atoms with van der Waals surface area (Å²) in [6.07, 6.45) is 2.46. The van der Waals surface area contributed by atoms with Crippen molar-refractivity contribution < 1.29 is 14.3 Å². The first-order valence-corrected chi connectivity index (χ1v) is 9.54. The van der Waals surface area contributed by atoms with Crippen molar-refractivity contribution in [3.63, 3.8) is 0 Å². The number of pyridine rings is 2. The number of nitrogens with zero attached hydrogens (tertiary/aromatic N) is 2. The summed E-state index contributed by atoms with van der Waals surface area (Å²) in [5.74, 6) is -0.546. The molecule has 0 aliphatic carbocycles. The molecular weight excluding hydrogens is 397 g/mol. The fraction of sp³-hybridized carbons (Fsp3) is 0.118. The van der Waals surface area contributed by atoms with Crippen LogP contribution in [0.25, 0.3) is 11.1 Å². The Morgan fingerprint density at radius 3 is 2.85 bits per heavy atom. The van der Waals surface area contributed by atoms with Gasteiger partial charge in [0.2, 0.25) is 5.95 Å². The summed E-state index contributed by atoms with van der Waals surface area (Å²) in [6.45, 7) is 0.288. The average Bonchev–Trinajstić information content (AvgIpc) is 2.97. The highest BCUT2D eigenvalue weighted by Crippen LogP contribution is 2.43. The Labute approximate surface area is 162 Å². The second kappa shape index (κ2) is 8.48. The first-order chi connectivity index (χ1) is 12.5. The maximum Gasteiger partial charge on any atom is 0.404 e. The number of halogens is 2. The van der Waals surface area contributed by atoms with Crippen LogP contribution in [0.15, 0.2) is 51.8 Å². The molecule has 0 unspecified atom stereocenters. The van der Waals surface area contributed by atoms with Gasteiger partial charge in [-0.3, -0.25) is 0 Å². The lowest BCUT2D eigenvalue weighted by molar-refractivity contribution is 0.194. The third-order valence-electron chi connectivity index (χ3n) is 3.35. The molecule has 3 heterocycles. The van der Waals surface area contributed by atoms with Crippen LogP contribution in [-0.4, -0.2) is 27.7 Å². The molecule has 3 rings (SSSR count).